The lowest BCUT2D eigenvalue weighted by Gasteiger charge is -2.07. The van der Waals surface area contributed by atoms with Crippen LogP contribution in [-0.4, -0.2) is 43.4 Å². The molecule has 8 nitrogen and oxygen atoms in total. The van der Waals surface area contributed by atoms with E-state index in [1.165, 1.54) is 4.80 Å². The Hall–Kier alpha value is -2.32. The van der Waals surface area contributed by atoms with Crippen molar-refractivity contribution in [3.8, 4) is 11.4 Å². The lowest BCUT2D eigenvalue weighted by molar-refractivity contribution is 0.302. The van der Waals surface area contributed by atoms with Gasteiger partial charge < -0.3 is 9.84 Å². The summed E-state index contributed by atoms with van der Waals surface area (Å²) < 4.78 is 5.41. The molecule has 0 aliphatic carbocycles. The highest BCUT2D eigenvalue weighted by molar-refractivity contribution is 6.30. The largest absolute Gasteiger partial charge is 0.337 e. The van der Waals surface area contributed by atoms with Crippen LogP contribution in [0, 0.1) is 0 Å². The third kappa shape index (κ3) is 4.02. The van der Waals surface area contributed by atoms with Gasteiger partial charge in [-0.25, -0.2) is 0 Å². The zero-order valence-corrected chi connectivity index (χ0v) is 15.1. The predicted octanol–water partition coefficient (Wildman–Crippen LogP) is 2.53. The lowest BCUT2D eigenvalue weighted by Crippen LogP contribution is -2.24. The second-order valence-corrected chi connectivity index (χ2v) is 6.24. The van der Waals surface area contributed by atoms with Gasteiger partial charge >= 0.3 is 0 Å². The molecule has 3 rings (SSSR count). The van der Waals surface area contributed by atoms with Crippen LogP contribution in [0.5, 0.6) is 0 Å². The van der Waals surface area contributed by atoms with Gasteiger partial charge in [-0.15, -0.1) is 10.2 Å². The minimum Gasteiger partial charge on any atom is -0.337 e. The van der Waals surface area contributed by atoms with E-state index in [-0.39, 0.29) is 12.1 Å². The first-order valence-corrected chi connectivity index (χ1v) is 8.53. The highest BCUT2D eigenvalue weighted by atomic mass is 35.5. The van der Waals surface area contributed by atoms with Crippen molar-refractivity contribution in [1.82, 2.24) is 35.7 Å². The first-order chi connectivity index (χ1) is 12.1. The van der Waals surface area contributed by atoms with Crippen LogP contribution < -0.4 is 5.32 Å². The number of tetrazole rings is 1. The van der Waals surface area contributed by atoms with E-state index in [4.69, 9.17) is 16.1 Å². The summed E-state index contributed by atoms with van der Waals surface area (Å²) in [7, 11) is 1.90. The van der Waals surface area contributed by atoms with Crippen LogP contribution in [0.4, 0.5) is 0 Å². The molecule has 1 aromatic carbocycles. The molecule has 3 aromatic rings. The van der Waals surface area contributed by atoms with Crippen molar-refractivity contribution in [3.05, 3.63) is 41.0 Å². The maximum Gasteiger partial charge on any atom is 0.253 e. The summed E-state index contributed by atoms with van der Waals surface area (Å²) in [5.74, 6) is 1.67. The average molecular weight is 362 g/mol. The van der Waals surface area contributed by atoms with Gasteiger partial charge in [0.1, 0.15) is 0 Å². The molecule has 1 N–H and O–H groups in total. The predicted molar refractivity (Wildman–Crippen MR) is 93.2 cm³/mol. The fourth-order valence-electron chi connectivity index (χ4n) is 2.37. The molecule has 2 aromatic heterocycles. The summed E-state index contributed by atoms with van der Waals surface area (Å²) in [5, 5.41) is 20.6. The third-order valence-electron chi connectivity index (χ3n) is 3.95. The molecular formula is C16H20ClN7O. The number of nitrogens with one attached hydrogen (secondary N) is 1. The first kappa shape index (κ1) is 17.5. The molecular weight excluding hydrogens is 342 g/mol. The smallest absolute Gasteiger partial charge is 0.253 e. The van der Waals surface area contributed by atoms with E-state index in [2.05, 4.69) is 37.8 Å². The molecule has 9 heteroatoms. The van der Waals surface area contributed by atoms with Crippen LogP contribution in [0.1, 0.15) is 38.0 Å². The van der Waals surface area contributed by atoms with Crippen LogP contribution in [0.3, 0.4) is 0 Å². The van der Waals surface area contributed by atoms with Crippen LogP contribution in [0.25, 0.3) is 11.4 Å². The quantitative estimate of drug-likeness (QED) is 0.690. The Balaban J connectivity index is 1.81. The highest BCUT2D eigenvalue weighted by Crippen LogP contribution is 2.21. The third-order valence-corrected chi connectivity index (χ3v) is 4.20. The monoisotopic (exact) mass is 361 g/mol. The van der Waals surface area contributed by atoms with E-state index >= 15 is 0 Å². The van der Waals surface area contributed by atoms with Gasteiger partial charge in [0.25, 0.3) is 5.89 Å². The van der Waals surface area contributed by atoms with E-state index in [1.807, 2.05) is 26.1 Å². The molecule has 2 unspecified atom stereocenters. The Morgan fingerprint density at radius 2 is 2.04 bits per heavy atom. The topological polar surface area (TPSA) is 94.6 Å². The standard InChI is InChI=1S/C16H20ClN7O/c1-4-13(16-19-14(22-25-16)9-10(2)18-3)24-21-15(20-23-24)11-5-7-12(17)8-6-11/h5-8,10,13,18H,4,9H2,1-3H3. The Kier molecular flexibility index (Phi) is 5.40. The van der Waals surface area contributed by atoms with Gasteiger partial charge in [0.05, 0.1) is 0 Å². The Morgan fingerprint density at radius 3 is 2.72 bits per heavy atom. The van der Waals surface area contributed by atoms with Gasteiger partial charge in [-0.1, -0.05) is 23.7 Å². The average Bonchev–Trinajstić information content (AvgIpc) is 3.27. The van der Waals surface area contributed by atoms with Crippen molar-refractivity contribution >= 4 is 11.6 Å². The van der Waals surface area contributed by atoms with Crippen molar-refractivity contribution in [2.75, 3.05) is 7.05 Å². The number of nitrogens with zero attached hydrogens (tertiary/aromatic N) is 6. The normalized spacial score (nSPS) is 13.8. The number of aromatic nitrogens is 6. The second-order valence-electron chi connectivity index (χ2n) is 5.81. The highest BCUT2D eigenvalue weighted by Gasteiger charge is 2.23. The number of likely N-dealkylation sites (N-methyl/N-ethyl adjacent to an activating group) is 1. The maximum absolute atomic E-state index is 5.91. The van der Waals surface area contributed by atoms with Crippen LogP contribution in [-0.2, 0) is 6.42 Å². The van der Waals surface area contributed by atoms with Crippen LogP contribution in [0.2, 0.25) is 5.02 Å². The molecule has 0 saturated heterocycles. The fraction of sp³-hybridized carbons (Fsp3) is 0.438. The maximum atomic E-state index is 5.91. The van der Waals surface area contributed by atoms with Crippen molar-refractivity contribution < 1.29 is 4.52 Å². The number of hydrogen-bond acceptors (Lipinski definition) is 7. The SMILES string of the molecule is CCC(c1nc(CC(C)NC)no1)n1nnc(-c2ccc(Cl)cc2)n1. The van der Waals surface area contributed by atoms with E-state index < -0.39 is 0 Å². The van der Waals surface area contributed by atoms with Crippen molar-refractivity contribution in [2.45, 2.75) is 38.8 Å². The summed E-state index contributed by atoms with van der Waals surface area (Å²) in [6, 6.07) is 7.32. The van der Waals surface area contributed by atoms with Gasteiger partial charge in [0, 0.05) is 23.0 Å². The minimum atomic E-state index is -0.250. The minimum absolute atomic E-state index is 0.250. The Morgan fingerprint density at radius 1 is 1.28 bits per heavy atom. The lowest BCUT2D eigenvalue weighted by atomic mass is 10.2. The molecule has 0 spiro atoms. The van der Waals surface area contributed by atoms with Gasteiger partial charge in [0.15, 0.2) is 11.9 Å². The van der Waals surface area contributed by atoms with Gasteiger partial charge in [-0.3, -0.25) is 0 Å². The second kappa shape index (κ2) is 7.71. The van der Waals surface area contributed by atoms with E-state index in [9.17, 15) is 0 Å². The van der Waals surface area contributed by atoms with Crippen LogP contribution >= 0.6 is 11.6 Å². The molecule has 132 valence electrons. The molecule has 0 amide bonds. The first-order valence-electron chi connectivity index (χ1n) is 8.16. The Labute approximate surface area is 150 Å². The fourth-order valence-corrected chi connectivity index (χ4v) is 2.50. The molecule has 2 atom stereocenters. The molecule has 0 bridgehead atoms. The van der Waals surface area contributed by atoms with Crippen LogP contribution in [0.15, 0.2) is 28.8 Å². The van der Waals surface area contributed by atoms with Gasteiger partial charge in [0.2, 0.25) is 5.82 Å². The summed E-state index contributed by atoms with van der Waals surface area (Å²) in [4.78, 5) is 5.99. The zero-order chi connectivity index (χ0) is 17.8. The summed E-state index contributed by atoms with van der Waals surface area (Å²) in [6.07, 6.45) is 1.40. The molecule has 25 heavy (non-hydrogen) atoms. The van der Waals surface area contributed by atoms with Gasteiger partial charge in [-0.2, -0.15) is 9.78 Å². The Bertz CT molecular complexity index is 814. The van der Waals surface area contributed by atoms with E-state index in [0.29, 0.717) is 35.4 Å². The molecule has 0 radical (unpaired) electrons. The van der Waals surface area contributed by atoms with Crippen molar-refractivity contribution in [1.29, 1.82) is 0 Å². The zero-order valence-electron chi connectivity index (χ0n) is 14.3. The molecule has 0 fully saturated rings. The molecule has 2 heterocycles. The number of rotatable bonds is 7. The van der Waals surface area contributed by atoms with Crippen molar-refractivity contribution in [3.63, 3.8) is 0 Å². The van der Waals surface area contributed by atoms with E-state index in [0.717, 1.165) is 5.56 Å². The molecule has 0 aliphatic rings. The number of benzene rings is 1. The molecule has 0 saturated carbocycles. The van der Waals surface area contributed by atoms with Gasteiger partial charge in [-0.05, 0) is 49.9 Å². The van der Waals surface area contributed by atoms with Crippen molar-refractivity contribution in [2.24, 2.45) is 0 Å². The van der Waals surface area contributed by atoms with E-state index in [1.54, 1.807) is 12.1 Å². The summed E-state index contributed by atoms with van der Waals surface area (Å²) >= 11 is 5.91. The number of hydrogen-bond donors (Lipinski definition) is 1. The number of halogens is 1. The summed E-state index contributed by atoms with van der Waals surface area (Å²) in [6.45, 7) is 4.07. The molecule has 0 aliphatic heterocycles. The summed E-state index contributed by atoms with van der Waals surface area (Å²) in [5.41, 5.74) is 0.847.